The third kappa shape index (κ3) is 3.06. The highest BCUT2D eigenvalue weighted by Crippen LogP contribution is 2.28. The molecule has 0 atom stereocenters. The molecule has 1 aliphatic rings. The number of rotatable bonds is 4. The smallest absolute Gasteiger partial charge is 0.0771 e. The molecule has 1 aliphatic carbocycles. The van der Waals surface area contributed by atoms with E-state index in [1.807, 2.05) is 0 Å². The fourth-order valence-electron chi connectivity index (χ4n) is 2.36. The molecule has 1 fully saturated rings. The van der Waals surface area contributed by atoms with Crippen LogP contribution in [0, 0.1) is 6.92 Å². The van der Waals surface area contributed by atoms with Crippen molar-refractivity contribution >= 4 is 0 Å². The summed E-state index contributed by atoms with van der Waals surface area (Å²) >= 11 is 0. The van der Waals surface area contributed by atoms with Crippen LogP contribution in [-0.4, -0.2) is 17.3 Å². The molecule has 2 nitrogen and oxygen atoms in total. The normalized spacial score (nSPS) is 18.9. The van der Waals surface area contributed by atoms with Gasteiger partial charge in [-0.05, 0) is 25.3 Å². The Morgan fingerprint density at radius 3 is 2.44 bits per heavy atom. The van der Waals surface area contributed by atoms with Crippen molar-refractivity contribution in [1.29, 1.82) is 0 Å². The van der Waals surface area contributed by atoms with Gasteiger partial charge in [-0.25, -0.2) is 0 Å². The monoisotopic (exact) mass is 219 g/mol. The maximum Gasteiger partial charge on any atom is 0.0771 e. The molecule has 1 saturated carbocycles. The molecule has 0 aliphatic heterocycles. The van der Waals surface area contributed by atoms with Gasteiger partial charge in [0.2, 0.25) is 0 Å². The Morgan fingerprint density at radius 2 is 1.81 bits per heavy atom. The molecule has 2 N–H and O–H groups in total. The lowest BCUT2D eigenvalue weighted by molar-refractivity contribution is 0.0475. The number of hydrogen-bond acceptors (Lipinski definition) is 2. The van der Waals surface area contributed by atoms with Crippen LogP contribution in [0.3, 0.4) is 0 Å². The van der Waals surface area contributed by atoms with Crippen LogP contribution in [-0.2, 0) is 6.54 Å². The highest BCUT2D eigenvalue weighted by Gasteiger charge is 2.30. The summed E-state index contributed by atoms with van der Waals surface area (Å²) in [6, 6.07) is 8.53. The minimum Gasteiger partial charge on any atom is -0.389 e. The Morgan fingerprint density at radius 1 is 1.19 bits per heavy atom. The van der Waals surface area contributed by atoms with Gasteiger partial charge < -0.3 is 10.4 Å². The minimum absolute atomic E-state index is 0.440. The van der Waals surface area contributed by atoms with Gasteiger partial charge in [-0.2, -0.15) is 0 Å². The molecule has 0 saturated heterocycles. The van der Waals surface area contributed by atoms with Crippen molar-refractivity contribution in [2.45, 2.75) is 44.8 Å². The summed E-state index contributed by atoms with van der Waals surface area (Å²) in [5.41, 5.74) is 2.13. The molecule has 0 heterocycles. The quantitative estimate of drug-likeness (QED) is 0.815. The molecule has 16 heavy (non-hydrogen) atoms. The maximum absolute atomic E-state index is 10.2. The molecular weight excluding hydrogens is 198 g/mol. The van der Waals surface area contributed by atoms with Gasteiger partial charge in [-0.3, -0.25) is 0 Å². The summed E-state index contributed by atoms with van der Waals surface area (Å²) in [7, 11) is 0. The first kappa shape index (κ1) is 11.6. The van der Waals surface area contributed by atoms with Crippen LogP contribution >= 0.6 is 0 Å². The van der Waals surface area contributed by atoms with Crippen molar-refractivity contribution in [3.05, 3.63) is 35.4 Å². The zero-order valence-electron chi connectivity index (χ0n) is 10.00. The topological polar surface area (TPSA) is 32.3 Å². The Bertz CT molecular complexity index is 325. The van der Waals surface area contributed by atoms with Gasteiger partial charge in [0.1, 0.15) is 0 Å². The van der Waals surface area contributed by atoms with Crippen LogP contribution in [0.4, 0.5) is 0 Å². The Labute approximate surface area is 97.7 Å². The highest BCUT2D eigenvalue weighted by molar-refractivity contribution is 5.21. The Hall–Kier alpha value is -0.860. The second-order valence-electron chi connectivity index (χ2n) is 5.02. The molecule has 0 bridgehead atoms. The molecule has 0 unspecified atom stereocenters. The van der Waals surface area contributed by atoms with Gasteiger partial charge in [0.15, 0.2) is 0 Å². The van der Waals surface area contributed by atoms with Crippen molar-refractivity contribution < 1.29 is 5.11 Å². The molecule has 0 radical (unpaired) electrons. The van der Waals surface area contributed by atoms with E-state index in [0.717, 1.165) is 25.9 Å². The summed E-state index contributed by atoms with van der Waals surface area (Å²) in [4.78, 5) is 0. The van der Waals surface area contributed by atoms with Crippen LogP contribution in [0.15, 0.2) is 24.3 Å². The average molecular weight is 219 g/mol. The Balaban J connectivity index is 1.77. The third-order valence-electron chi connectivity index (χ3n) is 3.44. The predicted molar refractivity (Wildman–Crippen MR) is 66.3 cm³/mol. The highest BCUT2D eigenvalue weighted by atomic mass is 16.3. The van der Waals surface area contributed by atoms with Gasteiger partial charge in [0.05, 0.1) is 5.60 Å². The predicted octanol–water partition coefficient (Wildman–Crippen LogP) is 2.39. The third-order valence-corrected chi connectivity index (χ3v) is 3.44. The first-order valence-electron chi connectivity index (χ1n) is 6.17. The van der Waals surface area contributed by atoms with Gasteiger partial charge >= 0.3 is 0 Å². The SMILES string of the molecule is Cc1ccc(CNCC2(O)CCCC2)cc1. The van der Waals surface area contributed by atoms with Crippen LogP contribution in [0.2, 0.25) is 0 Å². The number of hydrogen-bond donors (Lipinski definition) is 2. The number of aryl methyl sites for hydroxylation is 1. The van der Waals surface area contributed by atoms with Gasteiger partial charge in [0.25, 0.3) is 0 Å². The van der Waals surface area contributed by atoms with E-state index < -0.39 is 5.60 Å². The van der Waals surface area contributed by atoms with Crippen molar-refractivity contribution in [3.8, 4) is 0 Å². The summed E-state index contributed by atoms with van der Waals surface area (Å²) in [6.45, 7) is 3.67. The first-order valence-corrected chi connectivity index (χ1v) is 6.17. The zero-order chi connectivity index (χ0) is 11.4. The Kier molecular flexibility index (Phi) is 3.62. The van der Waals surface area contributed by atoms with Crippen LogP contribution in [0.1, 0.15) is 36.8 Å². The molecule has 2 heteroatoms. The standard InChI is InChI=1S/C14H21NO/c1-12-4-6-13(7-5-12)10-15-11-14(16)8-2-3-9-14/h4-7,15-16H,2-3,8-11H2,1H3. The number of aliphatic hydroxyl groups is 1. The van der Waals surface area contributed by atoms with E-state index in [4.69, 9.17) is 0 Å². The summed E-state index contributed by atoms with van der Waals surface area (Å²) in [6.07, 6.45) is 4.24. The molecule has 88 valence electrons. The second-order valence-corrected chi connectivity index (χ2v) is 5.02. The first-order chi connectivity index (χ1) is 7.68. The molecule has 1 aromatic rings. The minimum atomic E-state index is -0.440. The molecule has 2 rings (SSSR count). The lowest BCUT2D eigenvalue weighted by atomic mass is 10.0. The fourth-order valence-corrected chi connectivity index (χ4v) is 2.36. The van der Waals surface area contributed by atoms with Crippen LogP contribution in [0.5, 0.6) is 0 Å². The van der Waals surface area contributed by atoms with E-state index in [-0.39, 0.29) is 0 Å². The van der Waals surface area contributed by atoms with Gasteiger partial charge in [-0.1, -0.05) is 42.7 Å². The second kappa shape index (κ2) is 4.98. The number of benzene rings is 1. The van der Waals surface area contributed by atoms with E-state index in [1.54, 1.807) is 0 Å². The summed E-state index contributed by atoms with van der Waals surface area (Å²) in [5, 5.41) is 13.5. The lowest BCUT2D eigenvalue weighted by Crippen LogP contribution is -2.37. The van der Waals surface area contributed by atoms with Crippen molar-refractivity contribution in [2.24, 2.45) is 0 Å². The van der Waals surface area contributed by atoms with Crippen molar-refractivity contribution in [3.63, 3.8) is 0 Å². The van der Waals surface area contributed by atoms with Crippen molar-refractivity contribution in [1.82, 2.24) is 5.32 Å². The molecular formula is C14H21NO. The van der Waals surface area contributed by atoms with Gasteiger partial charge in [0, 0.05) is 13.1 Å². The summed E-state index contributed by atoms with van der Waals surface area (Å²) < 4.78 is 0. The molecule has 0 aromatic heterocycles. The lowest BCUT2D eigenvalue weighted by Gasteiger charge is -2.22. The van der Waals surface area contributed by atoms with Crippen molar-refractivity contribution in [2.75, 3.05) is 6.54 Å². The van der Waals surface area contributed by atoms with E-state index in [0.29, 0.717) is 0 Å². The molecule has 0 spiro atoms. The van der Waals surface area contributed by atoms with Gasteiger partial charge in [-0.15, -0.1) is 0 Å². The largest absolute Gasteiger partial charge is 0.389 e. The van der Waals surface area contributed by atoms with E-state index in [1.165, 1.54) is 24.0 Å². The van der Waals surface area contributed by atoms with Crippen LogP contribution in [0.25, 0.3) is 0 Å². The zero-order valence-corrected chi connectivity index (χ0v) is 10.00. The van der Waals surface area contributed by atoms with Crippen LogP contribution < -0.4 is 5.32 Å². The van der Waals surface area contributed by atoms with E-state index in [9.17, 15) is 5.11 Å². The molecule has 0 amide bonds. The summed E-state index contributed by atoms with van der Waals surface area (Å²) in [5.74, 6) is 0. The fraction of sp³-hybridized carbons (Fsp3) is 0.571. The molecule has 1 aromatic carbocycles. The van der Waals surface area contributed by atoms with E-state index in [2.05, 4.69) is 36.5 Å². The maximum atomic E-state index is 10.2. The van der Waals surface area contributed by atoms with E-state index >= 15 is 0 Å². The average Bonchev–Trinajstić information content (AvgIpc) is 2.69. The number of nitrogens with one attached hydrogen (secondary N) is 1.